The first-order valence-electron chi connectivity index (χ1n) is 6.33. The Morgan fingerprint density at radius 3 is 2.84 bits per heavy atom. The third-order valence-electron chi connectivity index (χ3n) is 2.78. The number of nitro benzene ring substituents is 1. The van der Waals surface area contributed by atoms with Crippen molar-refractivity contribution < 1.29 is 10.0 Å². The molecule has 0 aliphatic carbocycles. The van der Waals surface area contributed by atoms with Crippen molar-refractivity contribution in [3.63, 3.8) is 0 Å². The van der Waals surface area contributed by atoms with E-state index in [1.54, 1.807) is 12.1 Å². The molecule has 1 rings (SSSR count). The zero-order valence-electron chi connectivity index (χ0n) is 10.9. The van der Waals surface area contributed by atoms with E-state index in [4.69, 9.17) is 11.6 Å². The van der Waals surface area contributed by atoms with E-state index in [1.807, 2.05) is 6.07 Å². The van der Waals surface area contributed by atoms with Gasteiger partial charge in [-0.05, 0) is 24.5 Å². The van der Waals surface area contributed by atoms with Crippen LogP contribution < -0.4 is 5.32 Å². The Hall–Kier alpha value is -1.33. The molecule has 5 nitrogen and oxygen atoms in total. The summed E-state index contributed by atoms with van der Waals surface area (Å²) in [6.45, 7) is 2.27. The van der Waals surface area contributed by atoms with Crippen molar-refractivity contribution in [1.82, 2.24) is 0 Å². The largest absolute Gasteiger partial charge is 0.390 e. The van der Waals surface area contributed by atoms with Crippen molar-refractivity contribution in [2.45, 2.75) is 32.3 Å². The number of alkyl halides is 1. The standard InChI is InChI=1S/C13H19ClN2O3/c1-2-3-4-10-5-6-12(13(7-10)16(18)19)15-9-11(17)8-14/h5-7,11,15,17H,2-4,8-9H2,1H3. The Labute approximate surface area is 117 Å². The average Bonchev–Trinajstić information content (AvgIpc) is 2.42. The van der Waals surface area contributed by atoms with Crippen molar-refractivity contribution in [2.75, 3.05) is 17.7 Å². The maximum absolute atomic E-state index is 11.0. The van der Waals surface area contributed by atoms with Crippen LogP contribution in [0.2, 0.25) is 0 Å². The van der Waals surface area contributed by atoms with E-state index >= 15 is 0 Å². The van der Waals surface area contributed by atoms with Gasteiger partial charge in [-0.2, -0.15) is 0 Å². The van der Waals surface area contributed by atoms with E-state index in [0.717, 1.165) is 24.8 Å². The molecule has 1 aromatic rings. The molecule has 0 heterocycles. The van der Waals surface area contributed by atoms with Gasteiger partial charge in [-0.15, -0.1) is 11.6 Å². The molecule has 0 aliphatic heterocycles. The Balaban J connectivity index is 2.82. The molecule has 106 valence electrons. The van der Waals surface area contributed by atoms with Gasteiger partial charge in [-0.1, -0.05) is 19.4 Å². The molecule has 0 aliphatic rings. The quantitative estimate of drug-likeness (QED) is 0.438. The van der Waals surface area contributed by atoms with Gasteiger partial charge < -0.3 is 10.4 Å². The van der Waals surface area contributed by atoms with E-state index in [2.05, 4.69) is 12.2 Å². The van der Waals surface area contributed by atoms with Gasteiger partial charge in [0.15, 0.2) is 0 Å². The van der Waals surface area contributed by atoms with Crippen LogP contribution in [0, 0.1) is 10.1 Å². The van der Waals surface area contributed by atoms with Gasteiger partial charge in [0, 0.05) is 12.6 Å². The van der Waals surface area contributed by atoms with Crippen molar-refractivity contribution >= 4 is 23.0 Å². The number of nitro groups is 1. The summed E-state index contributed by atoms with van der Waals surface area (Å²) in [6.07, 6.45) is 2.17. The summed E-state index contributed by atoms with van der Waals surface area (Å²) in [5.74, 6) is 0.0926. The van der Waals surface area contributed by atoms with E-state index in [1.165, 1.54) is 0 Å². The smallest absolute Gasteiger partial charge is 0.292 e. The molecule has 2 N–H and O–H groups in total. The van der Waals surface area contributed by atoms with Crippen LogP contribution in [-0.2, 0) is 6.42 Å². The summed E-state index contributed by atoms with van der Waals surface area (Å²) in [4.78, 5) is 10.6. The highest BCUT2D eigenvalue weighted by molar-refractivity contribution is 6.18. The van der Waals surface area contributed by atoms with Crippen LogP contribution in [0.15, 0.2) is 18.2 Å². The molecule has 0 spiro atoms. The number of hydrogen-bond donors (Lipinski definition) is 2. The summed E-state index contributed by atoms with van der Waals surface area (Å²) in [5.41, 5.74) is 1.40. The summed E-state index contributed by atoms with van der Waals surface area (Å²) >= 11 is 5.48. The minimum absolute atomic E-state index is 0.0374. The highest BCUT2D eigenvalue weighted by Crippen LogP contribution is 2.26. The number of halogens is 1. The molecular formula is C13H19ClN2O3. The number of anilines is 1. The van der Waals surface area contributed by atoms with Crippen molar-refractivity contribution in [2.24, 2.45) is 0 Å². The first kappa shape index (κ1) is 15.7. The van der Waals surface area contributed by atoms with Gasteiger partial charge in [0.05, 0.1) is 16.9 Å². The van der Waals surface area contributed by atoms with Gasteiger partial charge in [-0.25, -0.2) is 0 Å². The molecule has 0 amide bonds. The molecule has 0 aromatic heterocycles. The predicted octanol–water partition coefficient (Wildman–Crippen LogP) is 2.95. The molecule has 0 radical (unpaired) electrons. The molecule has 1 unspecified atom stereocenters. The maximum atomic E-state index is 11.0. The lowest BCUT2D eigenvalue weighted by Crippen LogP contribution is -2.21. The van der Waals surface area contributed by atoms with Crippen LogP contribution in [0.1, 0.15) is 25.3 Å². The Kier molecular flexibility index (Phi) is 6.59. The van der Waals surface area contributed by atoms with Crippen molar-refractivity contribution in [3.8, 4) is 0 Å². The zero-order valence-corrected chi connectivity index (χ0v) is 11.7. The molecule has 1 atom stereocenters. The number of aliphatic hydroxyl groups is 1. The van der Waals surface area contributed by atoms with Crippen LogP contribution in [-0.4, -0.2) is 28.6 Å². The predicted molar refractivity (Wildman–Crippen MR) is 76.9 cm³/mol. The third-order valence-corrected chi connectivity index (χ3v) is 3.14. The Morgan fingerprint density at radius 1 is 1.53 bits per heavy atom. The molecule has 19 heavy (non-hydrogen) atoms. The number of rotatable bonds is 8. The van der Waals surface area contributed by atoms with Crippen LogP contribution in [0.5, 0.6) is 0 Å². The number of benzene rings is 1. The van der Waals surface area contributed by atoms with E-state index in [9.17, 15) is 15.2 Å². The zero-order chi connectivity index (χ0) is 14.3. The fourth-order valence-corrected chi connectivity index (χ4v) is 1.81. The first-order chi connectivity index (χ1) is 9.08. The van der Waals surface area contributed by atoms with Crippen LogP contribution in [0.25, 0.3) is 0 Å². The number of nitrogens with zero attached hydrogens (tertiary/aromatic N) is 1. The van der Waals surface area contributed by atoms with Gasteiger partial charge in [-0.3, -0.25) is 10.1 Å². The second-order valence-corrected chi connectivity index (χ2v) is 4.71. The number of hydrogen-bond acceptors (Lipinski definition) is 4. The van der Waals surface area contributed by atoms with Crippen molar-refractivity contribution in [1.29, 1.82) is 0 Å². The Morgan fingerprint density at radius 2 is 2.26 bits per heavy atom. The SMILES string of the molecule is CCCCc1ccc(NCC(O)CCl)c([N+](=O)[O-])c1. The third kappa shape index (κ3) is 5.04. The van der Waals surface area contributed by atoms with Gasteiger partial charge in [0.1, 0.15) is 5.69 Å². The van der Waals surface area contributed by atoms with Gasteiger partial charge >= 0.3 is 0 Å². The summed E-state index contributed by atoms with van der Waals surface area (Å²) in [5, 5.41) is 23.2. The van der Waals surface area contributed by atoms with E-state index < -0.39 is 11.0 Å². The molecule has 0 saturated heterocycles. The Bertz CT molecular complexity index is 426. The fraction of sp³-hybridized carbons (Fsp3) is 0.538. The molecule has 0 bridgehead atoms. The summed E-state index contributed by atoms with van der Waals surface area (Å²) in [6, 6.07) is 5.15. The van der Waals surface area contributed by atoms with Gasteiger partial charge in [0.25, 0.3) is 5.69 Å². The highest BCUT2D eigenvalue weighted by Gasteiger charge is 2.15. The maximum Gasteiger partial charge on any atom is 0.292 e. The minimum Gasteiger partial charge on any atom is -0.390 e. The fourth-order valence-electron chi connectivity index (χ4n) is 1.70. The summed E-state index contributed by atoms with van der Waals surface area (Å²) in [7, 11) is 0. The molecule has 1 aromatic carbocycles. The van der Waals surface area contributed by atoms with Crippen LogP contribution in [0.4, 0.5) is 11.4 Å². The number of unbranched alkanes of at least 4 members (excludes halogenated alkanes) is 1. The normalized spacial score (nSPS) is 12.2. The second kappa shape index (κ2) is 7.96. The van der Waals surface area contributed by atoms with Crippen molar-refractivity contribution in [3.05, 3.63) is 33.9 Å². The number of aliphatic hydroxyl groups excluding tert-OH is 1. The number of nitrogens with one attached hydrogen (secondary N) is 1. The molecule has 0 fully saturated rings. The lowest BCUT2D eigenvalue weighted by atomic mass is 10.1. The molecule has 0 saturated carbocycles. The van der Waals surface area contributed by atoms with Crippen LogP contribution in [0.3, 0.4) is 0 Å². The second-order valence-electron chi connectivity index (χ2n) is 4.40. The average molecular weight is 287 g/mol. The molecular weight excluding hydrogens is 268 g/mol. The van der Waals surface area contributed by atoms with Gasteiger partial charge in [0.2, 0.25) is 0 Å². The first-order valence-corrected chi connectivity index (χ1v) is 6.87. The van der Waals surface area contributed by atoms with Crippen LogP contribution >= 0.6 is 11.6 Å². The lowest BCUT2D eigenvalue weighted by Gasteiger charge is -2.11. The lowest BCUT2D eigenvalue weighted by molar-refractivity contribution is -0.384. The summed E-state index contributed by atoms with van der Waals surface area (Å²) < 4.78 is 0. The minimum atomic E-state index is -0.721. The topological polar surface area (TPSA) is 75.4 Å². The highest BCUT2D eigenvalue weighted by atomic mass is 35.5. The van der Waals surface area contributed by atoms with E-state index in [0.29, 0.717) is 5.69 Å². The monoisotopic (exact) mass is 286 g/mol. The molecule has 6 heteroatoms. The number of aryl methyl sites for hydroxylation is 1. The van der Waals surface area contributed by atoms with E-state index in [-0.39, 0.29) is 18.1 Å².